The molecule has 2 N–H and O–H groups in total. The van der Waals surface area contributed by atoms with Crippen molar-refractivity contribution in [3.63, 3.8) is 0 Å². The summed E-state index contributed by atoms with van der Waals surface area (Å²) in [6, 6.07) is 6.82. The van der Waals surface area contributed by atoms with Crippen LogP contribution in [0, 0.1) is 5.82 Å². The second-order valence-electron chi connectivity index (χ2n) is 5.84. The van der Waals surface area contributed by atoms with Crippen molar-refractivity contribution in [3.05, 3.63) is 35.6 Å². The maximum atomic E-state index is 12.9. The van der Waals surface area contributed by atoms with Gasteiger partial charge < -0.3 is 10.6 Å². The fourth-order valence-electron chi connectivity index (χ4n) is 2.40. The molecule has 1 saturated heterocycles. The smallest absolute Gasteiger partial charge is 0.123 e. The fraction of sp³-hybridized carbons (Fsp3) is 0.600. The molecule has 1 fully saturated rings. The lowest BCUT2D eigenvalue weighted by Crippen LogP contribution is -2.48. The minimum Gasteiger partial charge on any atom is -0.314 e. The highest BCUT2D eigenvalue weighted by molar-refractivity contribution is 5.24. The highest BCUT2D eigenvalue weighted by Crippen LogP contribution is 2.22. The number of nitrogens with one attached hydrogen (secondary N) is 2. The van der Waals surface area contributed by atoms with Gasteiger partial charge in [-0.1, -0.05) is 26.0 Å². The van der Waals surface area contributed by atoms with E-state index in [1.165, 1.54) is 17.7 Å². The van der Waals surface area contributed by atoms with Crippen LogP contribution in [0.15, 0.2) is 24.3 Å². The summed E-state index contributed by atoms with van der Waals surface area (Å²) >= 11 is 0. The third-order valence-corrected chi connectivity index (χ3v) is 3.74. The fourth-order valence-corrected chi connectivity index (χ4v) is 2.40. The Morgan fingerprint density at radius 3 is 2.47 bits per heavy atom. The van der Waals surface area contributed by atoms with E-state index in [0.717, 1.165) is 39.4 Å². The van der Waals surface area contributed by atoms with Crippen molar-refractivity contribution in [2.24, 2.45) is 0 Å². The molecule has 3 nitrogen and oxygen atoms in total. The molecule has 19 heavy (non-hydrogen) atoms. The number of halogens is 1. The molecule has 0 saturated carbocycles. The first kappa shape index (κ1) is 14.4. The van der Waals surface area contributed by atoms with Crippen molar-refractivity contribution in [3.8, 4) is 0 Å². The molecule has 0 aliphatic carbocycles. The third-order valence-electron chi connectivity index (χ3n) is 3.74. The standard InChI is InChI=1S/C15H24FN3/c1-15(2,13-3-5-14(16)6-4-13)11-18-12-19-9-7-17-8-10-19/h3-6,17-18H,7-12H2,1-2H3. The SMILES string of the molecule is CC(C)(CNCN1CCNCC1)c1ccc(F)cc1. The number of nitrogens with zero attached hydrogens (tertiary/aromatic N) is 1. The summed E-state index contributed by atoms with van der Waals surface area (Å²) in [6.07, 6.45) is 0. The molecule has 1 aromatic rings. The van der Waals surface area contributed by atoms with Gasteiger partial charge in [0, 0.05) is 44.8 Å². The molecule has 1 aliphatic rings. The van der Waals surface area contributed by atoms with Crippen molar-refractivity contribution in [2.45, 2.75) is 19.3 Å². The van der Waals surface area contributed by atoms with Crippen molar-refractivity contribution in [1.29, 1.82) is 0 Å². The molecular formula is C15H24FN3. The van der Waals surface area contributed by atoms with Gasteiger partial charge in [-0.15, -0.1) is 0 Å². The molecule has 0 bridgehead atoms. The second kappa shape index (κ2) is 6.46. The Morgan fingerprint density at radius 1 is 1.21 bits per heavy atom. The van der Waals surface area contributed by atoms with E-state index in [1.54, 1.807) is 0 Å². The number of hydrogen-bond donors (Lipinski definition) is 2. The normalized spacial score (nSPS) is 17.6. The van der Waals surface area contributed by atoms with E-state index in [4.69, 9.17) is 0 Å². The van der Waals surface area contributed by atoms with E-state index in [1.807, 2.05) is 12.1 Å². The molecule has 0 spiro atoms. The zero-order valence-electron chi connectivity index (χ0n) is 11.9. The molecule has 106 valence electrons. The molecule has 4 heteroatoms. The molecule has 0 aromatic heterocycles. The Hall–Kier alpha value is -0.970. The van der Waals surface area contributed by atoms with Crippen LogP contribution in [0.4, 0.5) is 4.39 Å². The maximum absolute atomic E-state index is 12.9. The Balaban J connectivity index is 1.81. The lowest BCUT2D eigenvalue weighted by atomic mass is 9.84. The summed E-state index contributed by atoms with van der Waals surface area (Å²) in [5, 5.41) is 6.86. The molecule has 0 amide bonds. The lowest BCUT2D eigenvalue weighted by Gasteiger charge is -2.30. The summed E-state index contributed by atoms with van der Waals surface area (Å²) in [5.74, 6) is -0.173. The molecule has 0 unspecified atom stereocenters. The van der Waals surface area contributed by atoms with Crippen molar-refractivity contribution in [2.75, 3.05) is 39.4 Å². The first-order valence-corrected chi connectivity index (χ1v) is 6.98. The van der Waals surface area contributed by atoms with E-state index < -0.39 is 0 Å². The molecule has 1 aliphatic heterocycles. The Kier molecular flexibility index (Phi) is 4.91. The first-order valence-electron chi connectivity index (χ1n) is 6.98. The Bertz CT molecular complexity index is 383. The quantitative estimate of drug-likeness (QED) is 0.846. The summed E-state index contributed by atoms with van der Waals surface area (Å²) < 4.78 is 12.9. The molecule has 0 radical (unpaired) electrons. The highest BCUT2D eigenvalue weighted by atomic mass is 19.1. The molecular weight excluding hydrogens is 241 g/mol. The minimum absolute atomic E-state index is 0.0156. The van der Waals surface area contributed by atoms with E-state index >= 15 is 0 Å². The summed E-state index contributed by atoms with van der Waals surface area (Å²) in [5.41, 5.74) is 1.18. The van der Waals surface area contributed by atoms with Crippen LogP contribution in [0.5, 0.6) is 0 Å². The summed E-state index contributed by atoms with van der Waals surface area (Å²) in [4.78, 5) is 2.41. The van der Waals surface area contributed by atoms with Crippen molar-refractivity contribution >= 4 is 0 Å². The predicted molar refractivity (Wildman–Crippen MR) is 76.7 cm³/mol. The average Bonchev–Trinajstić information content (AvgIpc) is 2.40. The summed E-state index contributed by atoms with van der Waals surface area (Å²) in [6.45, 7) is 10.5. The van der Waals surface area contributed by atoms with Crippen LogP contribution in [0.3, 0.4) is 0 Å². The van der Waals surface area contributed by atoms with Crippen LogP contribution in [-0.4, -0.2) is 44.3 Å². The number of rotatable bonds is 5. The van der Waals surface area contributed by atoms with Crippen LogP contribution >= 0.6 is 0 Å². The van der Waals surface area contributed by atoms with E-state index in [-0.39, 0.29) is 11.2 Å². The van der Waals surface area contributed by atoms with Crippen molar-refractivity contribution in [1.82, 2.24) is 15.5 Å². The Morgan fingerprint density at radius 2 is 1.84 bits per heavy atom. The van der Waals surface area contributed by atoms with E-state index in [2.05, 4.69) is 29.4 Å². The van der Waals surface area contributed by atoms with Gasteiger partial charge in [0.2, 0.25) is 0 Å². The zero-order chi connectivity index (χ0) is 13.7. The maximum Gasteiger partial charge on any atom is 0.123 e. The van der Waals surface area contributed by atoms with Crippen LogP contribution in [0.1, 0.15) is 19.4 Å². The van der Waals surface area contributed by atoms with Gasteiger partial charge in [-0.3, -0.25) is 4.90 Å². The van der Waals surface area contributed by atoms with Gasteiger partial charge in [0.15, 0.2) is 0 Å². The summed E-state index contributed by atoms with van der Waals surface area (Å²) in [7, 11) is 0. The number of benzene rings is 1. The van der Waals surface area contributed by atoms with Crippen molar-refractivity contribution < 1.29 is 4.39 Å². The van der Waals surface area contributed by atoms with Gasteiger partial charge in [0.05, 0.1) is 0 Å². The lowest BCUT2D eigenvalue weighted by molar-refractivity contribution is 0.218. The second-order valence-corrected chi connectivity index (χ2v) is 5.84. The van der Waals surface area contributed by atoms with Gasteiger partial charge in [-0.25, -0.2) is 4.39 Å². The first-order chi connectivity index (χ1) is 9.08. The molecule has 1 heterocycles. The van der Waals surface area contributed by atoms with E-state index in [0.29, 0.717) is 0 Å². The minimum atomic E-state index is -0.173. The number of hydrogen-bond acceptors (Lipinski definition) is 3. The largest absolute Gasteiger partial charge is 0.314 e. The number of piperazine rings is 1. The average molecular weight is 265 g/mol. The third kappa shape index (κ3) is 4.27. The van der Waals surface area contributed by atoms with Gasteiger partial charge in [-0.2, -0.15) is 0 Å². The molecule has 1 aromatic carbocycles. The topological polar surface area (TPSA) is 27.3 Å². The van der Waals surface area contributed by atoms with Crippen LogP contribution in [0.25, 0.3) is 0 Å². The highest BCUT2D eigenvalue weighted by Gasteiger charge is 2.20. The van der Waals surface area contributed by atoms with E-state index in [9.17, 15) is 4.39 Å². The monoisotopic (exact) mass is 265 g/mol. The van der Waals surface area contributed by atoms with Crippen LogP contribution in [-0.2, 0) is 5.41 Å². The molecule has 2 rings (SSSR count). The Labute approximate surface area is 115 Å². The van der Waals surface area contributed by atoms with Gasteiger partial charge in [0.25, 0.3) is 0 Å². The van der Waals surface area contributed by atoms with Crippen LogP contribution < -0.4 is 10.6 Å². The van der Waals surface area contributed by atoms with Gasteiger partial charge in [-0.05, 0) is 17.7 Å². The van der Waals surface area contributed by atoms with Gasteiger partial charge in [0.1, 0.15) is 5.82 Å². The van der Waals surface area contributed by atoms with Gasteiger partial charge >= 0.3 is 0 Å². The van der Waals surface area contributed by atoms with Crippen LogP contribution in [0.2, 0.25) is 0 Å². The predicted octanol–water partition coefficient (Wildman–Crippen LogP) is 1.56. The zero-order valence-corrected chi connectivity index (χ0v) is 11.9. The molecule has 0 atom stereocenters.